The number of hydrogen-bond donors (Lipinski definition) is 0. The van der Waals surface area contributed by atoms with Gasteiger partial charge in [-0.15, -0.1) is 11.3 Å². The Morgan fingerprint density at radius 2 is 1.89 bits per heavy atom. The van der Waals surface area contributed by atoms with E-state index in [0.29, 0.717) is 0 Å². The lowest BCUT2D eigenvalue weighted by molar-refractivity contribution is 1.19. The Morgan fingerprint density at radius 1 is 1.11 bits per heavy atom. The summed E-state index contributed by atoms with van der Waals surface area (Å²) >= 11 is 9.20. The molecule has 3 heteroatoms. The first-order chi connectivity index (χ1) is 9.16. The van der Waals surface area contributed by atoms with Crippen LogP contribution in [0, 0.1) is 6.92 Å². The molecular weight excluding hydrogens is 384 g/mol. The summed E-state index contributed by atoms with van der Waals surface area (Å²) in [5.74, 6) is 0. The van der Waals surface area contributed by atoms with Gasteiger partial charge in [-0.05, 0) is 46.5 Å². The third-order valence-electron chi connectivity index (χ3n) is 3.26. The van der Waals surface area contributed by atoms with Gasteiger partial charge in [-0.3, -0.25) is 0 Å². The second kappa shape index (κ2) is 5.39. The Kier molecular flexibility index (Phi) is 3.79. The quantitative estimate of drug-likeness (QED) is 0.437. The maximum absolute atomic E-state index is 3.84. The second-order valence-corrected chi connectivity index (χ2v) is 7.24. The van der Waals surface area contributed by atoms with Crippen molar-refractivity contribution in [2.45, 2.75) is 11.8 Å². The van der Waals surface area contributed by atoms with Gasteiger partial charge >= 0.3 is 0 Å². The van der Waals surface area contributed by atoms with Crippen molar-refractivity contribution >= 4 is 53.3 Å². The molecule has 0 aliphatic heterocycles. The predicted molar refractivity (Wildman–Crippen MR) is 91.5 cm³/mol. The molecule has 0 amide bonds. The Balaban J connectivity index is 2.08. The largest absolute Gasteiger partial charge is 0.143 e. The monoisotopic (exact) mass is 394 g/mol. The van der Waals surface area contributed by atoms with Crippen LogP contribution in [0.2, 0.25) is 0 Å². The minimum Gasteiger partial charge on any atom is -0.143 e. The molecule has 19 heavy (non-hydrogen) atoms. The molecule has 3 aromatic rings. The van der Waals surface area contributed by atoms with Crippen LogP contribution in [0.25, 0.3) is 10.1 Å². The molecule has 0 saturated carbocycles. The van der Waals surface area contributed by atoms with Crippen molar-refractivity contribution in [2.75, 3.05) is 0 Å². The number of fused-ring (bicyclic) bond motifs is 1. The smallest absolute Gasteiger partial charge is 0.0658 e. The van der Waals surface area contributed by atoms with E-state index < -0.39 is 0 Å². The summed E-state index contributed by atoms with van der Waals surface area (Å²) in [5.41, 5.74) is 3.91. The van der Waals surface area contributed by atoms with Crippen LogP contribution < -0.4 is 0 Å². The summed E-state index contributed by atoms with van der Waals surface area (Å²) in [6.07, 6.45) is 0. The van der Waals surface area contributed by atoms with Crippen molar-refractivity contribution in [1.82, 2.24) is 0 Å². The Labute approximate surface area is 133 Å². The first-order valence-electron chi connectivity index (χ1n) is 6.03. The Hall–Kier alpha value is -0.640. The van der Waals surface area contributed by atoms with Crippen LogP contribution in [-0.2, 0) is 0 Å². The summed E-state index contributed by atoms with van der Waals surface area (Å²) < 4.78 is 2.50. The molecule has 2 aromatic carbocycles. The minimum absolute atomic E-state index is 0.246. The van der Waals surface area contributed by atoms with Crippen molar-refractivity contribution in [2.24, 2.45) is 0 Å². The van der Waals surface area contributed by atoms with E-state index in [-0.39, 0.29) is 4.83 Å². The van der Waals surface area contributed by atoms with Gasteiger partial charge in [0.1, 0.15) is 0 Å². The molecule has 0 fully saturated rings. The van der Waals surface area contributed by atoms with Gasteiger partial charge in [0.05, 0.1) is 4.83 Å². The highest BCUT2D eigenvalue weighted by atomic mass is 79.9. The standard InChI is InChI=1S/C16H12Br2S/c1-10-8-11(6-7-14(10)17)16(18)13-9-19-15-5-3-2-4-12(13)15/h2-9,16H,1H3. The maximum Gasteiger partial charge on any atom is 0.0658 e. The fraction of sp³-hybridized carbons (Fsp3) is 0.125. The SMILES string of the molecule is Cc1cc(C(Br)c2csc3ccccc23)ccc1Br. The molecule has 0 radical (unpaired) electrons. The number of aryl methyl sites for hydroxylation is 1. The van der Waals surface area contributed by atoms with Gasteiger partial charge in [-0.1, -0.05) is 62.2 Å². The van der Waals surface area contributed by atoms with E-state index in [1.807, 2.05) is 0 Å². The number of halogens is 2. The molecule has 0 aliphatic rings. The summed E-state index contributed by atoms with van der Waals surface area (Å²) in [6.45, 7) is 2.12. The van der Waals surface area contributed by atoms with Crippen LogP contribution in [0.15, 0.2) is 52.3 Å². The lowest BCUT2D eigenvalue weighted by Crippen LogP contribution is -1.92. The van der Waals surface area contributed by atoms with Gasteiger partial charge in [0, 0.05) is 9.17 Å². The van der Waals surface area contributed by atoms with E-state index in [0.717, 1.165) is 4.47 Å². The number of thiophene rings is 1. The summed E-state index contributed by atoms with van der Waals surface area (Å²) in [6, 6.07) is 15.1. The normalized spacial score (nSPS) is 12.8. The summed E-state index contributed by atoms with van der Waals surface area (Å²) in [5, 5.41) is 3.59. The summed E-state index contributed by atoms with van der Waals surface area (Å²) in [4.78, 5) is 0.246. The fourth-order valence-electron chi connectivity index (χ4n) is 2.20. The molecule has 0 spiro atoms. The molecular formula is C16H12Br2S. The first kappa shape index (κ1) is 13.3. The van der Waals surface area contributed by atoms with E-state index in [1.54, 1.807) is 11.3 Å². The zero-order valence-electron chi connectivity index (χ0n) is 10.4. The molecule has 1 aromatic heterocycles. The minimum atomic E-state index is 0.246. The molecule has 1 unspecified atom stereocenters. The lowest BCUT2D eigenvalue weighted by Gasteiger charge is -2.11. The van der Waals surface area contributed by atoms with Crippen LogP contribution in [0.1, 0.15) is 21.5 Å². The van der Waals surface area contributed by atoms with Crippen LogP contribution in [0.3, 0.4) is 0 Å². The van der Waals surface area contributed by atoms with Gasteiger partial charge in [-0.25, -0.2) is 0 Å². The number of rotatable bonds is 2. The molecule has 0 bridgehead atoms. The van der Waals surface area contributed by atoms with E-state index in [9.17, 15) is 0 Å². The number of hydrogen-bond acceptors (Lipinski definition) is 1. The topological polar surface area (TPSA) is 0 Å². The maximum atomic E-state index is 3.84. The third kappa shape index (κ3) is 2.51. The van der Waals surface area contributed by atoms with Crippen LogP contribution in [0.5, 0.6) is 0 Å². The zero-order chi connectivity index (χ0) is 13.4. The lowest BCUT2D eigenvalue weighted by atomic mass is 10.0. The Morgan fingerprint density at radius 3 is 2.68 bits per heavy atom. The zero-order valence-corrected chi connectivity index (χ0v) is 14.3. The first-order valence-corrected chi connectivity index (χ1v) is 8.62. The van der Waals surface area contributed by atoms with Crippen molar-refractivity contribution in [3.05, 3.63) is 69.0 Å². The molecule has 96 valence electrons. The molecule has 0 N–H and O–H groups in total. The highest BCUT2D eigenvalue weighted by Gasteiger charge is 2.15. The van der Waals surface area contributed by atoms with E-state index >= 15 is 0 Å². The van der Waals surface area contributed by atoms with Crippen LogP contribution in [-0.4, -0.2) is 0 Å². The predicted octanol–water partition coefficient (Wildman–Crippen LogP) is 6.46. The average molecular weight is 396 g/mol. The van der Waals surface area contributed by atoms with E-state index in [1.165, 1.54) is 26.8 Å². The summed E-state index contributed by atoms with van der Waals surface area (Å²) in [7, 11) is 0. The van der Waals surface area contributed by atoms with E-state index in [4.69, 9.17) is 0 Å². The van der Waals surface area contributed by atoms with Gasteiger partial charge < -0.3 is 0 Å². The fourth-order valence-corrected chi connectivity index (χ4v) is 4.27. The molecule has 0 saturated heterocycles. The van der Waals surface area contributed by atoms with Crippen LogP contribution in [0.4, 0.5) is 0 Å². The number of alkyl halides is 1. The highest BCUT2D eigenvalue weighted by molar-refractivity contribution is 9.10. The van der Waals surface area contributed by atoms with Gasteiger partial charge in [0.25, 0.3) is 0 Å². The number of benzene rings is 2. The molecule has 1 heterocycles. The van der Waals surface area contributed by atoms with Crippen molar-refractivity contribution < 1.29 is 0 Å². The van der Waals surface area contributed by atoms with Crippen molar-refractivity contribution in [1.29, 1.82) is 0 Å². The molecule has 3 rings (SSSR count). The molecule has 0 nitrogen and oxygen atoms in total. The highest BCUT2D eigenvalue weighted by Crippen LogP contribution is 2.39. The average Bonchev–Trinajstić information content (AvgIpc) is 2.85. The molecule has 1 atom stereocenters. The Bertz CT molecular complexity index is 730. The van der Waals surface area contributed by atoms with Gasteiger partial charge in [-0.2, -0.15) is 0 Å². The molecule has 0 aliphatic carbocycles. The second-order valence-electron chi connectivity index (χ2n) is 4.56. The van der Waals surface area contributed by atoms with Crippen molar-refractivity contribution in [3.63, 3.8) is 0 Å². The van der Waals surface area contributed by atoms with Gasteiger partial charge in [0.2, 0.25) is 0 Å². The van der Waals surface area contributed by atoms with Gasteiger partial charge in [0.15, 0.2) is 0 Å². The third-order valence-corrected chi connectivity index (χ3v) is 6.15. The van der Waals surface area contributed by atoms with Crippen LogP contribution >= 0.6 is 43.2 Å². The van der Waals surface area contributed by atoms with E-state index in [2.05, 4.69) is 86.6 Å². The van der Waals surface area contributed by atoms with Crippen molar-refractivity contribution in [3.8, 4) is 0 Å².